The van der Waals surface area contributed by atoms with Crippen molar-refractivity contribution in [1.29, 1.82) is 0 Å². The molecule has 0 rings (SSSR count). The van der Waals surface area contributed by atoms with E-state index in [-0.39, 0.29) is 0 Å². The van der Waals surface area contributed by atoms with E-state index in [1.165, 1.54) is 0 Å². The summed E-state index contributed by atoms with van der Waals surface area (Å²) in [4.78, 5) is 50.2. The van der Waals surface area contributed by atoms with E-state index < -0.39 is 42.8 Å². The standard InChI is InChI=1S/C3H11O12P3/c4-16(5,6)13-1-3(15-18(10,11)12)2-14-17(7,8)9/h3H,1-2H2,(H2,4,5,6)(H2,7,8,9)(H2,10,11,12). The predicted octanol–water partition coefficient (Wildman–Crippen LogP) is -1.32. The third-order valence-corrected chi connectivity index (χ3v) is 2.69. The molecule has 0 saturated heterocycles. The van der Waals surface area contributed by atoms with Crippen molar-refractivity contribution in [2.24, 2.45) is 0 Å². The summed E-state index contributed by atoms with van der Waals surface area (Å²) in [7, 11) is -14.9. The summed E-state index contributed by atoms with van der Waals surface area (Å²) in [6.07, 6.45) is -1.79. The van der Waals surface area contributed by atoms with Crippen LogP contribution in [-0.4, -0.2) is 48.7 Å². The van der Waals surface area contributed by atoms with Crippen LogP contribution >= 0.6 is 23.5 Å². The molecule has 0 radical (unpaired) electrons. The Morgan fingerprint density at radius 3 is 1.28 bits per heavy atom. The fraction of sp³-hybridized carbons (Fsp3) is 1.00. The van der Waals surface area contributed by atoms with Gasteiger partial charge in [0.05, 0.1) is 13.2 Å². The smallest absolute Gasteiger partial charge is 0.303 e. The van der Waals surface area contributed by atoms with Crippen LogP contribution in [0.1, 0.15) is 0 Å². The predicted molar refractivity (Wildman–Crippen MR) is 52.9 cm³/mol. The minimum absolute atomic E-state index is 1.05. The number of hydrogen-bond acceptors (Lipinski definition) is 6. The van der Waals surface area contributed by atoms with Gasteiger partial charge in [-0.2, -0.15) is 0 Å². The Kier molecular flexibility index (Phi) is 6.79. The molecular formula is C3H11O12P3. The van der Waals surface area contributed by atoms with Gasteiger partial charge in [0.1, 0.15) is 6.10 Å². The van der Waals surface area contributed by atoms with Gasteiger partial charge in [0.25, 0.3) is 0 Å². The molecule has 0 aromatic rings. The Morgan fingerprint density at radius 1 is 0.722 bits per heavy atom. The lowest BCUT2D eigenvalue weighted by atomic mass is 10.4. The first-order chi connectivity index (χ1) is 7.79. The van der Waals surface area contributed by atoms with Crippen molar-refractivity contribution >= 4 is 23.5 Å². The zero-order valence-electron chi connectivity index (χ0n) is 8.47. The van der Waals surface area contributed by atoms with Gasteiger partial charge in [-0.05, 0) is 0 Å². The first kappa shape index (κ1) is 18.3. The molecule has 0 aromatic carbocycles. The van der Waals surface area contributed by atoms with Crippen LogP contribution in [0.25, 0.3) is 0 Å². The third-order valence-electron chi connectivity index (χ3n) is 1.14. The topological polar surface area (TPSA) is 200 Å². The molecule has 110 valence electrons. The summed E-state index contributed by atoms with van der Waals surface area (Å²) in [6.45, 7) is -2.09. The summed E-state index contributed by atoms with van der Waals surface area (Å²) < 4.78 is 42.8. The molecule has 0 heterocycles. The normalized spacial score (nSPS) is 14.2. The second kappa shape index (κ2) is 6.67. The zero-order chi connectivity index (χ0) is 14.6. The second-order valence-corrected chi connectivity index (χ2v) is 6.46. The van der Waals surface area contributed by atoms with Crippen molar-refractivity contribution < 1.29 is 56.6 Å². The fourth-order valence-corrected chi connectivity index (χ4v) is 1.89. The van der Waals surface area contributed by atoms with Crippen molar-refractivity contribution in [3.05, 3.63) is 0 Å². The molecule has 0 fully saturated rings. The molecule has 0 bridgehead atoms. The molecule has 18 heavy (non-hydrogen) atoms. The lowest BCUT2D eigenvalue weighted by Crippen LogP contribution is -2.23. The molecule has 15 heteroatoms. The van der Waals surface area contributed by atoms with E-state index >= 15 is 0 Å². The number of hydrogen-bond donors (Lipinski definition) is 6. The summed E-state index contributed by atoms with van der Waals surface area (Å²) in [5, 5.41) is 0. The van der Waals surface area contributed by atoms with Crippen LogP contribution in [0.15, 0.2) is 0 Å². The minimum Gasteiger partial charge on any atom is -0.303 e. The van der Waals surface area contributed by atoms with Gasteiger partial charge in [-0.3, -0.25) is 13.6 Å². The van der Waals surface area contributed by atoms with E-state index in [0.29, 0.717) is 0 Å². The Balaban J connectivity index is 4.48. The fourth-order valence-electron chi connectivity index (χ4n) is 0.664. The van der Waals surface area contributed by atoms with Crippen LogP contribution in [0.5, 0.6) is 0 Å². The largest absolute Gasteiger partial charge is 0.470 e. The van der Waals surface area contributed by atoms with E-state index in [1.54, 1.807) is 0 Å². The monoisotopic (exact) mass is 332 g/mol. The SMILES string of the molecule is O=P(O)(O)OCC(COP(=O)(O)O)OP(=O)(O)O. The molecule has 0 amide bonds. The average molecular weight is 332 g/mol. The number of phosphoric acid groups is 3. The van der Waals surface area contributed by atoms with Crippen molar-refractivity contribution in [3.8, 4) is 0 Å². The molecule has 0 aromatic heterocycles. The average Bonchev–Trinajstić information content (AvgIpc) is 2.05. The van der Waals surface area contributed by atoms with Crippen molar-refractivity contribution in [1.82, 2.24) is 0 Å². The van der Waals surface area contributed by atoms with E-state index in [4.69, 9.17) is 29.4 Å². The quantitative estimate of drug-likeness (QED) is 0.287. The van der Waals surface area contributed by atoms with Crippen molar-refractivity contribution in [3.63, 3.8) is 0 Å². The molecule has 0 aliphatic carbocycles. The highest BCUT2D eigenvalue weighted by Crippen LogP contribution is 2.42. The van der Waals surface area contributed by atoms with E-state index in [0.717, 1.165) is 0 Å². The summed E-state index contributed by atoms with van der Waals surface area (Å²) >= 11 is 0. The summed E-state index contributed by atoms with van der Waals surface area (Å²) in [5.41, 5.74) is 0. The van der Waals surface area contributed by atoms with Gasteiger partial charge in [0, 0.05) is 0 Å². The third kappa shape index (κ3) is 12.8. The van der Waals surface area contributed by atoms with Gasteiger partial charge in [-0.1, -0.05) is 0 Å². The molecule has 0 aliphatic rings. The van der Waals surface area contributed by atoms with Gasteiger partial charge in [0.2, 0.25) is 0 Å². The van der Waals surface area contributed by atoms with Gasteiger partial charge < -0.3 is 29.4 Å². The molecule has 0 aliphatic heterocycles. The van der Waals surface area contributed by atoms with Gasteiger partial charge >= 0.3 is 23.5 Å². The lowest BCUT2D eigenvalue weighted by Gasteiger charge is -2.18. The van der Waals surface area contributed by atoms with E-state index in [2.05, 4.69) is 13.6 Å². The van der Waals surface area contributed by atoms with Crippen LogP contribution in [0.4, 0.5) is 0 Å². The van der Waals surface area contributed by atoms with Crippen molar-refractivity contribution in [2.45, 2.75) is 6.10 Å². The molecule has 0 unspecified atom stereocenters. The van der Waals surface area contributed by atoms with E-state index in [9.17, 15) is 13.7 Å². The lowest BCUT2D eigenvalue weighted by molar-refractivity contribution is 0.0344. The van der Waals surface area contributed by atoms with E-state index in [1.807, 2.05) is 0 Å². The second-order valence-electron chi connectivity index (χ2n) is 2.79. The summed E-state index contributed by atoms with van der Waals surface area (Å²) in [5.74, 6) is 0. The first-order valence-electron chi connectivity index (χ1n) is 3.92. The van der Waals surface area contributed by atoms with Crippen LogP contribution < -0.4 is 0 Å². The maximum Gasteiger partial charge on any atom is 0.470 e. The van der Waals surface area contributed by atoms with Crippen LogP contribution in [0.2, 0.25) is 0 Å². The Labute approximate surface area is 100 Å². The van der Waals surface area contributed by atoms with Crippen molar-refractivity contribution in [2.75, 3.05) is 13.2 Å². The Bertz CT molecular complexity index is 359. The molecule has 0 spiro atoms. The number of rotatable bonds is 8. The molecule has 12 nitrogen and oxygen atoms in total. The van der Waals surface area contributed by atoms with Gasteiger partial charge in [0.15, 0.2) is 0 Å². The molecular weight excluding hydrogens is 321 g/mol. The van der Waals surface area contributed by atoms with Crippen LogP contribution in [0.3, 0.4) is 0 Å². The first-order valence-corrected chi connectivity index (χ1v) is 8.52. The van der Waals surface area contributed by atoms with Gasteiger partial charge in [-0.25, -0.2) is 13.7 Å². The van der Waals surface area contributed by atoms with Crippen LogP contribution in [0, 0.1) is 0 Å². The van der Waals surface area contributed by atoms with Crippen LogP contribution in [-0.2, 0) is 27.3 Å². The molecule has 6 N–H and O–H groups in total. The zero-order valence-corrected chi connectivity index (χ0v) is 11.1. The Hall–Kier alpha value is 0.330. The highest BCUT2D eigenvalue weighted by molar-refractivity contribution is 7.47. The number of phosphoric ester groups is 3. The maximum absolute atomic E-state index is 10.5. The molecule has 0 saturated carbocycles. The highest BCUT2D eigenvalue weighted by Gasteiger charge is 2.28. The maximum atomic E-state index is 10.5. The Morgan fingerprint density at radius 2 is 1.06 bits per heavy atom. The molecule has 0 atom stereocenters. The van der Waals surface area contributed by atoms with Gasteiger partial charge in [-0.15, -0.1) is 0 Å². The highest BCUT2D eigenvalue weighted by atomic mass is 31.2. The minimum atomic E-state index is -5.05. The summed E-state index contributed by atoms with van der Waals surface area (Å²) in [6, 6.07) is 0.